The summed E-state index contributed by atoms with van der Waals surface area (Å²) in [6.45, 7) is 1.09. The lowest BCUT2D eigenvalue weighted by molar-refractivity contribution is 0.240. The quantitative estimate of drug-likeness (QED) is 0.717. The number of urea groups is 1. The van der Waals surface area contributed by atoms with Crippen LogP contribution < -0.4 is 10.6 Å². The number of carbonyl (C=O) groups excluding carboxylic acids is 1. The minimum absolute atomic E-state index is 0.148. The number of nitrogens with one attached hydrogen (secondary N) is 2. The normalized spacial score (nSPS) is 10.3. The minimum atomic E-state index is -0.148. The Morgan fingerprint density at radius 3 is 2.17 bits per heavy atom. The number of carbonyl (C=O) groups is 1. The molecule has 3 rings (SSSR count). The highest BCUT2D eigenvalue weighted by Crippen LogP contribution is 2.19. The molecule has 3 aromatic rings. The second-order valence-corrected chi connectivity index (χ2v) is 6.21. The molecule has 0 bridgehead atoms. The summed E-state index contributed by atoms with van der Waals surface area (Å²) in [6.07, 6.45) is 0. The SMILES string of the molecule is O=C(NCc1ccc(-c2ccccc2)cc1)NCc1cccs1. The van der Waals surface area contributed by atoms with Gasteiger partial charge in [-0.05, 0) is 28.1 Å². The highest BCUT2D eigenvalue weighted by molar-refractivity contribution is 7.09. The van der Waals surface area contributed by atoms with E-state index in [1.54, 1.807) is 11.3 Å². The largest absolute Gasteiger partial charge is 0.334 e. The summed E-state index contributed by atoms with van der Waals surface area (Å²) in [4.78, 5) is 12.9. The summed E-state index contributed by atoms with van der Waals surface area (Å²) in [5, 5.41) is 7.73. The molecule has 2 N–H and O–H groups in total. The van der Waals surface area contributed by atoms with Crippen LogP contribution in [-0.2, 0) is 13.1 Å². The third-order valence-electron chi connectivity index (χ3n) is 3.52. The van der Waals surface area contributed by atoms with Crippen molar-refractivity contribution in [1.29, 1.82) is 0 Å². The fourth-order valence-electron chi connectivity index (χ4n) is 2.27. The molecule has 0 aliphatic rings. The van der Waals surface area contributed by atoms with Crippen molar-refractivity contribution in [3.05, 3.63) is 82.6 Å². The molecule has 0 aliphatic carbocycles. The van der Waals surface area contributed by atoms with E-state index in [4.69, 9.17) is 0 Å². The van der Waals surface area contributed by atoms with Crippen molar-refractivity contribution < 1.29 is 4.79 Å². The van der Waals surface area contributed by atoms with Crippen molar-refractivity contribution >= 4 is 17.4 Å². The third kappa shape index (κ3) is 4.44. The van der Waals surface area contributed by atoms with Gasteiger partial charge in [0, 0.05) is 11.4 Å². The number of hydrogen-bond donors (Lipinski definition) is 2. The van der Waals surface area contributed by atoms with Crippen molar-refractivity contribution in [3.8, 4) is 11.1 Å². The predicted octanol–water partition coefficient (Wildman–Crippen LogP) is 4.41. The van der Waals surface area contributed by atoms with Gasteiger partial charge in [0.05, 0.1) is 6.54 Å². The van der Waals surface area contributed by atoms with Crippen LogP contribution in [0.2, 0.25) is 0 Å². The zero-order valence-corrected chi connectivity index (χ0v) is 13.5. The zero-order valence-electron chi connectivity index (χ0n) is 12.7. The molecule has 0 fully saturated rings. The molecule has 116 valence electrons. The summed E-state index contributed by atoms with van der Waals surface area (Å²) >= 11 is 1.64. The first-order chi connectivity index (χ1) is 11.3. The van der Waals surface area contributed by atoms with Gasteiger partial charge >= 0.3 is 6.03 Å². The Balaban J connectivity index is 1.49. The van der Waals surface area contributed by atoms with E-state index in [1.807, 2.05) is 47.8 Å². The molecule has 0 saturated carbocycles. The van der Waals surface area contributed by atoms with Crippen LogP contribution in [0.5, 0.6) is 0 Å². The van der Waals surface area contributed by atoms with Crippen LogP contribution >= 0.6 is 11.3 Å². The molecule has 0 radical (unpaired) electrons. The maximum Gasteiger partial charge on any atom is 0.315 e. The van der Waals surface area contributed by atoms with Crippen molar-refractivity contribution in [3.63, 3.8) is 0 Å². The van der Waals surface area contributed by atoms with Gasteiger partial charge < -0.3 is 10.6 Å². The Bertz CT molecular complexity index is 737. The topological polar surface area (TPSA) is 41.1 Å². The summed E-state index contributed by atoms with van der Waals surface area (Å²) in [5.74, 6) is 0. The number of rotatable bonds is 5. The Morgan fingerprint density at radius 1 is 0.783 bits per heavy atom. The third-order valence-corrected chi connectivity index (χ3v) is 4.39. The number of amides is 2. The molecule has 4 heteroatoms. The van der Waals surface area contributed by atoms with Crippen molar-refractivity contribution in [2.24, 2.45) is 0 Å². The molecule has 3 nitrogen and oxygen atoms in total. The lowest BCUT2D eigenvalue weighted by Gasteiger charge is -2.08. The average Bonchev–Trinajstić information content (AvgIpc) is 3.13. The summed E-state index contributed by atoms with van der Waals surface area (Å²) in [5.41, 5.74) is 3.45. The van der Waals surface area contributed by atoms with Gasteiger partial charge in [0.2, 0.25) is 0 Å². The monoisotopic (exact) mass is 322 g/mol. The van der Waals surface area contributed by atoms with Crippen LogP contribution in [0.25, 0.3) is 11.1 Å². The van der Waals surface area contributed by atoms with Crippen LogP contribution in [0, 0.1) is 0 Å². The average molecular weight is 322 g/mol. The summed E-state index contributed by atoms with van der Waals surface area (Å²) in [7, 11) is 0. The van der Waals surface area contributed by atoms with E-state index < -0.39 is 0 Å². The first kappa shape index (κ1) is 15.3. The molecule has 1 aromatic heterocycles. The molecule has 0 unspecified atom stereocenters. The summed E-state index contributed by atoms with van der Waals surface area (Å²) in [6, 6.07) is 22.3. The Kier molecular flexibility index (Phi) is 5.06. The summed E-state index contributed by atoms with van der Waals surface area (Å²) < 4.78 is 0. The van der Waals surface area contributed by atoms with Gasteiger partial charge in [0.15, 0.2) is 0 Å². The molecule has 0 atom stereocenters. The van der Waals surface area contributed by atoms with E-state index in [9.17, 15) is 4.79 Å². The molecule has 0 aliphatic heterocycles. The van der Waals surface area contributed by atoms with Crippen LogP contribution in [0.4, 0.5) is 4.79 Å². The fourth-order valence-corrected chi connectivity index (χ4v) is 2.92. The standard InChI is InChI=1S/C19H18N2OS/c22-19(21-14-18-7-4-12-23-18)20-13-15-8-10-17(11-9-15)16-5-2-1-3-6-16/h1-12H,13-14H2,(H2,20,21,22). The number of thiophene rings is 1. The number of benzene rings is 2. The van der Waals surface area contributed by atoms with E-state index >= 15 is 0 Å². The molecule has 23 heavy (non-hydrogen) atoms. The van der Waals surface area contributed by atoms with Crippen molar-refractivity contribution in [2.45, 2.75) is 13.1 Å². The highest BCUT2D eigenvalue weighted by atomic mass is 32.1. The van der Waals surface area contributed by atoms with Crippen LogP contribution in [-0.4, -0.2) is 6.03 Å². The van der Waals surface area contributed by atoms with E-state index in [2.05, 4.69) is 34.9 Å². The van der Waals surface area contributed by atoms with Crippen LogP contribution in [0.15, 0.2) is 72.1 Å². The Hall–Kier alpha value is -2.59. The molecule has 2 amide bonds. The Morgan fingerprint density at radius 2 is 1.48 bits per heavy atom. The van der Waals surface area contributed by atoms with Gasteiger partial charge in [-0.3, -0.25) is 0 Å². The fraction of sp³-hybridized carbons (Fsp3) is 0.105. The van der Waals surface area contributed by atoms with E-state index in [0.717, 1.165) is 10.4 Å². The van der Waals surface area contributed by atoms with Gasteiger partial charge in [-0.1, -0.05) is 60.7 Å². The maximum absolute atomic E-state index is 11.8. The van der Waals surface area contributed by atoms with Crippen molar-refractivity contribution in [2.75, 3.05) is 0 Å². The molecule has 0 spiro atoms. The Labute approximate surface area is 140 Å². The lowest BCUT2D eigenvalue weighted by Crippen LogP contribution is -2.34. The maximum atomic E-state index is 11.8. The number of hydrogen-bond acceptors (Lipinski definition) is 2. The van der Waals surface area contributed by atoms with Crippen LogP contribution in [0.1, 0.15) is 10.4 Å². The first-order valence-electron chi connectivity index (χ1n) is 7.50. The first-order valence-corrected chi connectivity index (χ1v) is 8.38. The molecular weight excluding hydrogens is 304 g/mol. The van der Waals surface area contributed by atoms with Gasteiger partial charge in [0.1, 0.15) is 0 Å². The molecule has 0 saturated heterocycles. The molecular formula is C19H18N2OS. The highest BCUT2D eigenvalue weighted by Gasteiger charge is 2.02. The molecule has 2 aromatic carbocycles. The van der Waals surface area contributed by atoms with Gasteiger partial charge in [0.25, 0.3) is 0 Å². The molecule has 1 heterocycles. The zero-order chi connectivity index (χ0) is 15.9. The van der Waals surface area contributed by atoms with Gasteiger partial charge in [-0.25, -0.2) is 4.79 Å². The second kappa shape index (κ2) is 7.61. The minimum Gasteiger partial charge on any atom is -0.334 e. The van der Waals surface area contributed by atoms with Crippen molar-refractivity contribution in [1.82, 2.24) is 10.6 Å². The smallest absolute Gasteiger partial charge is 0.315 e. The van der Waals surface area contributed by atoms with E-state index in [0.29, 0.717) is 13.1 Å². The van der Waals surface area contributed by atoms with E-state index in [-0.39, 0.29) is 6.03 Å². The van der Waals surface area contributed by atoms with Gasteiger partial charge in [-0.15, -0.1) is 11.3 Å². The second-order valence-electron chi connectivity index (χ2n) is 5.18. The van der Waals surface area contributed by atoms with Gasteiger partial charge in [-0.2, -0.15) is 0 Å². The van der Waals surface area contributed by atoms with Crippen LogP contribution in [0.3, 0.4) is 0 Å². The predicted molar refractivity (Wildman–Crippen MR) is 95.3 cm³/mol. The lowest BCUT2D eigenvalue weighted by atomic mass is 10.0. The van der Waals surface area contributed by atoms with E-state index in [1.165, 1.54) is 11.1 Å².